The summed E-state index contributed by atoms with van der Waals surface area (Å²) in [6.07, 6.45) is 0. The van der Waals surface area contributed by atoms with Gasteiger partial charge in [-0.1, -0.05) is 6.07 Å². The fourth-order valence-corrected chi connectivity index (χ4v) is 3.75. The molecule has 108 valence electrons. The van der Waals surface area contributed by atoms with E-state index in [1.807, 2.05) is 0 Å². The molecule has 1 amide bonds. The first kappa shape index (κ1) is 15.2. The van der Waals surface area contributed by atoms with E-state index in [1.54, 1.807) is 17.5 Å². The van der Waals surface area contributed by atoms with Crippen molar-refractivity contribution in [2.24, 2.45) is 0 Å². The molecular formula is C11H11BrN2O4S2. The van der Waals surface area contributed by atoms with Gasteiger partial charge in [-0.05, 0) is 39.5 Å². The van der Waals surface area contributed by atoms with Gasteiger partial charge in [0.25, 0.3) is 5.91 Å². The highest BCUT2D eigenvalue weighted by Gasteiger charge is 2.14. The first-order valence-electron chi connectivity index (χ1n) is 5.56. The van der Waals surface area contributed by atoms with E-state index in [9.17, 15) is 13.2 Å². The van der Waals surface area contributed by atoms with Crippen LogP contribution in [0.25, 0.3) is 0 Å². The maximum atomic E-state index is 11.8. The number of halogens is 1. The summed E-state index contributed by atoms with van der Waals surface area (Å²) in [5, 5.41) is 4.24. The van der Waals surface area contributed by atoms with Crippen LogP contribution in [0.3, 0.4) is 0 Å². The van der Waals surface area contributed by atoms with Crippen molar-refractivity contribution >= 4 is 43.2 Å². The molecule has 0 unspecified atom stereocenters. The van der Waals surface area contributed by atoms with Gasteiger partial charge in [-0.3, -0.25) is 4.79 Å². The lowest BCUT2D eigenvalue weighted by atomic mass is 10.4. The highest BCUT2D eigenvalue weighted by atomic mass is 79.9. The van der Waals surface area contributed by atoms with Crippen molar-refractivity contribution < 1.29 is 17.6 Å². The van der Waals surface area contributed by atoms with E-state index in [0.29, 0.717) is 4.67 Å². The smallest absolute Gasteiger partial charge is 0.287 e. The molecule has 6 nitrogen and oxygen atoms in total. The molecule has 20 heavy (non-hydrogen) atoms. The molecule has 0 aromatic carbocycles. The molecule has 0 aliphatic heterocycles. The largest absolute Gasteiger partial charge is 0.444 e. The van der Waals surface area contributed by atoms with Crippen LogP contribution in [0.4, 0.5) is 0 Å². The SMILES string of the molecule is O=C(NCCNS(=O)(=O)c1cccs1)c1ccc(Br)o1. The molecule has 0 atom stereocenters. The number of nitrogens with one attached hydrogen (secondary N) is 2. The Morgan fingerprint density at radius 3 is 2.70 bits per heavy atom. The number of hydrogen-bond donors (Lipinski definition) is 2. The van der Waals surface area contributed by atoms with Crippen LogP contribution < -0.4 is 10.0 Å². The Hall–Kier alpha value is -1.16. The van der Waals surface area contributed by atoms with Crippen molar-refractivity contribution in [2.75, 3.05) is 13.1 Å². The third-order valence-corrected chi connectivity index (χ3v) is 5.54. The van der Waals surface area contributed by atoms with Crippen LogP contribution in [0.2, 0.25) is 0 Å². The molecule has 2 rings (SSSR count). The zero-order chi connectivity index (χ0) is 14.6. The van der Waals surface area contributed by atoms with Crippen LogP contribution >= 0.6 is 27.3 Å². The van der Waals surface area contributed by atoms with Crippen molar-refractivity contribution in [3.63, 3.8) is 0 Å². The Kier molecular flexibility index (Phi) is 4.97. The van der Waals surface area contributed by atoms with Gasteiger partial charge in [0.2, 0.25) is 10.0 Å². The molecule has 2 aromatic rings. The van der Waals surface area contributed by atoms with Crippen molar-refractivity contribution in [1.82, 2.24) is 10.0 Å². The summed E-state index contributed by atoms with van der Waals surface area (Å²) in [4.78, 5) is 11.6. The van der Waals surface area contributed by atoms with Gasteiger partial charge in [0, 0.05) is 13.1 Å². The van der Waals surface area contributed by atoms with E-state index in [4.69, 9.17) is 4.42 Å². The molecule has 2 N–H and O–H groups in total. The number of rotatable bonds is 6. The van der Waals surface area contributed by atoms with Crippen LogP contribution in [-0.4, -0.2) is 27.4 Å². The molecule has 2 heterocycles. The minimum atomic E-state index is -3.49. The Bertz CT molecular complexity index is 679. The summed E-state index contributed by atoms with van der Waals surface area (Å²) < 4.78 is 31.7. The van der Waals surface area contributed by atoms with Crippen LogP contribution in [0.15, 0.2) is 42.9 Å². The number of hydrogen-bond acceptors (Lipinski definition) is 5. The standard InChI is InChI=1S/C11H11BrN2O4S2/c12-9-4-3-8(18-9)11(15)13-5-6-14-20(16,17)10-2-1-7-19-10/h1-4,7,14H,5-6H2,(H,13,15). The average molecular weight is 379 g/mol. The van der Waals surface area contributed by atoms with Crippen LogP contribution in [-0.2, 0) is 10.0 Å². The van der Waals surface area contributed by atoms with E-state index >= 15 is 0 Å². The predicted molar refractivity (Wildman–Crippen MR) is 78.2 cm³/mol. The lowest BCUT2D eigenvalue weighted by Gasteiger charge is -2.05. The Morgan fingerprint density at radius 1 is 1.30 bits per heavy atom. The summed E-state index contributed by atoms with van der Waals surface area (Å²) in [6.45, 7) is 0.273. The molecular weight excluding hydrogens is 368 g/mol. The van der Waals surface area contributed by atoms with E-state index in [-0.39, 0.29) is 23.1 Å². The minimum Gasteiger partial charge on any atom is -0.444 e. The fourth-order valence-electron chi connectivity index (χ4n) is 1.37. The highest BCUT2D eigenvalue weighted by molar-refractivity contribution is 9.10. The first-order chi connectivity index (χ1) is 9.49. The maximum absolute atomic E-state index is 11.8. The van der Waals surface area contributed by atoms with E-state index in [2.05, 4.69) is 26.0 Å². The number of carbonyl (C=O) groups is 1. The molecule has 0 radical (unpaired) electrons. The van der Waals surface area contributed by atoms with Crippen LogP contribution in [0.1, 0.15) is 10.6 Å². The Balaban J connectivity index is 1.78. The van der Waals surface area contributed by atoms with E-state index in [0.717, 1.165) is 11.3 Å². The molecule has 0 aliphatic rings. The van der Waals surface area contributed by atoms with Crippen LogP contribution in [0, 0.1) is 0 Å². The topological polar surface area (TPSA) is 88.4 Å². The zero-order valence-electron chi connectivity index (χ0n) is 10.1. The molecule has 0 saturated carbocycles. The third-order valence-electron chi connectivity index (χ3n) is 2.26. The summed E-state index contributed by atoms with van der Waals surface area (Å²) in [5.41, 5.74) is 0. The fraction of sp³-hybridized carbons (Fsp3) is 0.182. The van der Waals surface area contributed by atoms with E-state index in [1.165, 1.54) is 12.1 Å². The molecule has 9 heteroatoms. The Labute approximate surface area is 128 Å². The maximum Gasteiger partial charge on any atom is 0.287 e. The van der Waals surface area contributed by atoms with Gasteiger partial charge in [0.05, 0.1) is 0 Å². The summed E-state index contributed by atoms with van der Waals surface area (Å²) in [7, 11) is -3.49. The molecule has 0 spiro atoms. The quantitative estimate of drug-likeness (QED) is 0.750. The van der Waals surface area contributed by atoms with Gasteiger partial charge in [0.1, 0.15) is 4.21 Å². The van der Waals surface area contributed by atoms with Gasteiger partial charge in [-0.2, -0.15) is 0 Å². The van der Waals surface area contributed by atoms with Gasteiger partial charge in [0.15, 0.2) is 10.4 Å². The molecule has 0 fully saturated rings. The van der Waals surface area contributed by atoms with Gasteiger partial charge >= 0.3 is 0 Å². The van der Waals surface area contributed by atoms with Crippen molar-refractivity contribution in [3.8, 4) is 0 Å². The van der Waals surface area contributed by atoms with Crippen LogP contribution in [0.5, 0.6) is 0 Å². The number of furan rings is 1. The zero-order valence-corrected chi connectivity index (χ0v) is 13.3. The molecule has 0 aliphatic carbocycles. The normalized spacial score (nSPS) is 11.4. The lowest BCUT2D eigenvalue weighted by Crippen LogP contribution is -2.34. The summed E-state index contributed by atoms with van der Waals surface area (Å²) in [6, 6.07) is 6.31. The Morgan fingerprint density at radius 2 is 2.10 bits per heavy atom. The van der Waals surface area contributed by atoms with Crippen molar-refractivity contribution in [3.05, 3.63) is 40.1 Å². The first-order valence-corrected chi connectivity index (χ1v) is 8.71. The number of thiophene rings is 1. The van der Waals surface area contributed by atoms with Crippen molar-refractivity contribution in [1.29, 1.82) is 0 Å². The summed E-state index contributed by atoms with van der Waals surface area (Å²) in [5.74, 6) is -0.232. The predicted octanol–water partition coefficient (Wildman–Crippen LogP) is 1.81. The third kappa shape index (κ3) is 3.92. The number of sulfonamides is 1. The second-order valence-corrected chi connectivity index (χ2v) is 7.41. The lowest BCUT2D eigenvalue weighted by molar-refractivity contribution is 0.0925. The van der Waals surface area contributed by atoms with E-state index < -0.39 is 15.9 Å². The second-order valence-electron chi connectivity index (χ2n) is 3.69. The van der Waals surface area contributed by atoms with Gasteiger partial charge in [-0.25, -0.2) is 13.1 Å². The second kappa shape index (κ2) is 6.53. The number of carbonyl (C=O) groups excluding carboxylic acids is 1. The monoisotopic (exact) mass is 378 g/mol. The minimum absolute atomic E-state index is 0.105. The summed E-state index contributed by atoms with van der Waals surface area (Å²) >= 11 is 4.23. The number of amides is 1. The molecule has 0 bridgehead atoms. The van der Waals surface area contributed by atoms with Crippen molar-refractivity contribution in [2.45, 2.75) is 4.21 Å². The highest BCUT2D eigenvalue weighted by Crippen LogP contribution is 2.15. The van der Waals surface area contributed by atoms with Gasteiger partial charge in [-0.15, -0.1) is 11.3 Å². The van der Waals surface area contributed by atoms with Gasteiger partial charge < -0.3 is 9.73 Å². The average Bonchev–Trinajstić information content (AvgIpc) is 3.05. The molecule has 2 aromatic heterocycles. The molecule has 0 saturated heterocycles.